The number of fused-ring (bicyclic) bond motifs is 1. The van der Waals surface area contributed by atoms with Crippen LogP contribution in [0, 0.1) is 5.82 Å². The Labute approximate surface area is 145 Å². The number of nitrogens with zero attached hydrogens (tertiary/aromatic N) is 2. The summed E-state index contributed by atoms with van der Waals surface area (Å²) < 4.78 is 14.7. The fraction of sp³-hybridized carbons (Fsp3) is 0.0625. The van der Waals surface area contributed by atoms with Crippen molar-refractivity contribution in [2.75, 3.05) is 5.75 Å². The highest BCUT2D eigenvalue weighted by Crippen LogP contribution is 2.24. The Morgan fingerprint density at radius 2 is 2.04 bits per heavy atom. The summed E-state index contributed by atoms with van der Waals surface area (Å²) in [7, 11) is 0. The number of carbonyl (C=O) groups excluding carboxylic acids is 1. The number of hydrogen-bond donors (Lipinski definition) is 1. The predicted molar refractivity (Wildman–Crippen MR) is 92.2 cm³/mol. The summed E-state index contributed by atoms with van der Waals surface area (Å²) >= 11 is 6.85. The number of para-hydroxylation sites is 1. The zero-order valence-corrected chi connectivity index (χ0v) is 13.8. The maximum Gasteiger partial charge on any atom is 0.266 e. The van der Waals surface area contributed by atoms with Crippen LogP contribution in [0.25, 0.3) is 16.6 Å². The fourth-order valence-electron chi connectivity index (χ4n) is 2.20. The van der Waals surface area contributed by atoms with E-state index in [1.807, 2.05) is 0 Å². The molecule has 8 heteroatoms. The lowest BCUT2D eigenvalue weighted by Gasteiger charge is -2.13. The molecule has 24 heavy (non-hydrogen) atoms. The topological polar surface area (TPSA) is 78.0 Å². The summed E-state index contributed by atoms with van der Waals surface area (Å²) in [4.78, 5) is 28.3. The number of primary amides is 1. The van der Waals surface area contributed by atoms with Gasteiger partial charge in [0.2, 0.25) is 5.91 Å². The molecule has 3 rings (SSSR count). The second-order valence-corrected chi connectivity index (χ2v) is 6.26. The number of halogens is 2. The summed E-state index contributed by atoms with van der Waals surface area (Å²) in [6.07, 6.45) is 0. The molecule has 1 heterocycles. The molecule has 3 aromatic rings. The molecule has 1 aromatic heterocycles. The molecule has 122 valence electrons. The maximum absolute atomic E-state index is 13.4. The molecular weight excluding hydrogens is 353 g/mol. The number of carbonyl (C=O) groups is 1. The van der Waals surface area contributed by atoms with Crippen LogP contribution in [-0.2, 0) is 4.79 Å². The molecule has 2 N–H and O–H groups in total. The van der Waals surface area contributed by atoms with Crippen molar-refractivity contribution in [1.29, 1.82) is 0 Å². The van der Waals surface area contributed by atoms with Gasteiger partial charge in [0.25, 0.3) is 5.56 Å². The Hall–Kier alpha value is -2.38. The van der Waals surface area contributed by atoms with E-state index in [2.05, 4.69) is 4.98 Å². The van der Waals surface area contributed by atoms with Gasteiger partial charge in [-0.05, 0) is 30.3 Å². The van der Waals surface area contributed by atoms with Crippen molar-refractivity contribution in [2.45, 2.75) is 5.16 Å². The summed E-state index contributed by atoms with van der Waals surface area (Å²) in [5, 5.41) is 0.569. The zero-order valence-electron chi connectivity index (χ0n) is 12.2. The first-order valence-electron chi connectivity index (χ1n) is 6.85. The third-order valence-corrected chi connectivity index (χ3v) is 4.50. The first kappa shape index (κ1) is 16.5. The van der Waals surface area contributed by atoms with Crippen LogP contribution >= 0.6 is 23.4 Å². The molecule has 0 fully saturated rings. The minimum atomic E-state index is -0.589. The number of nitrogens with two attached hydrogens (primary N) is 1. The summed E-state index contributed by atoms with van der Waals surface area (Å²) in [5.74, 6) is -1.17. The normalized spacial score (nSPS) is 10.9. The van der Waals surface area contributed by atoms with Crippen molar-refractivity contribution in [1.82, 2.24) is 9.55 Å². The van der Waals surface area contributed by atoms with Crippen LogP contribution in [0.4, 0.5) is 4.39 Å². The highest BCUT2D eigenvalue weighted by molar-refractivity contribution is 7.99. The van der Waals surface area contributed by atoms with Gasteiger partial charge in [0, 0.05) is 0 Å². The van der Waals surface area contributed by atoms with Crippen LogP contribution in [0.1, 0.15) is 0 Å². The number of hydrogen-bond acceptors (Lipinski definition) is 4. The van der Waals surface area contributed by atoms with Gasteiger partial charge in [0.15, 0.2) is 5.16 Å². The fourth-order valence-corrected chi connectivity index (χ4v) is 3.12. The quantitative estimate of drug-likeness (QED) is 0.571. The van der Waals surface area contributed by atoms with E-state index in [0.29, 0.717) is 16.6 Å². The van der Waals surface area contributed by atoms with E-state index in [4.69, 9.17) is 17.3 Å². The average Bonchev–Trinajstić information content (AvgIpc) is 2.56. The standard InChI is InChI=1S/C16H11ClFN3O2S/c17-11-7-9(5-6-12(11)18)21-15(23)10-3-1-2-4-13(10)20-16(21)24-8-14(19)22/h1-7H,8H2,(H2,19,22). The molecule has 0 unspecified atom stereocenters. The minimum Gasteiger partial charge on any atom is -0.369 e. The van der Waals surface area contributed by atoms with Gasteiger partial charge >= 0.3 is 0 Å². The summed E-state index contributed by atoms with van der Waals surface area (Å²) in [6.45, 7) is 0. The minimum absolute atomic E-state index is 0.0420. The van der Waals surface area contributed by atoms with E-state index in [1.165, 1.54) is 22.8 Å². The summed E-state index contributed by atoms with van der Waals surface area (Å²) in [5.41, 5.74) is 5.70. The lowest BCUT2D eigenvalue weighted by Crippen LogP contribution is -2.23. The number of thioether (sulfide) groups is 1. The van der Waals surface area contributed by atoms with Crippen LogP contribution in [-0.4, -0.2) is 21.2 Å². The molecule has 0 radical (unpaired) electrons. The highest BCUT2D eigenvalue weighted by Gasteiger charge is 2.15. The van der Waals surface area contributed by atoms with Crippen molar-refractivity contribution in [2.24, 2.45) is 5.73 Å². The van der Waals surface area contributed by atoms with Crippen LogP contribution in [0.15, 0.2) is 52.4 Å². The van der Waals surface area contributed by atoms with Gasteiger partial charge in [-0.15, -0.1) is 0 Å². The van der Waals surface area contributed by atoms with E-state index >= 15 is 0 Å². The van der Waals surface area contributed by atoms with Crippen molar-refractivity contribution in [3.05, 3.63) is 63.7 Å². The second kappa shape index (κ2) is 6.62. The zero-order chi connectivity index (χ0) is 17.3. The van der Waals surface area contributed by atoms with Crippen molar-refractivity contribution < 1.29 is 9.18 Å². The predicted octanol–water partition coefficient (Wildman–Crippen LogP) is 2.76. The second-order valence-electron chi connectivity index (χ2n) is 4.91. The Morgan fingerprint density at radius 1 is 1.29 bits per heavy atom. The van der Waals surface area contributed by atoms with E-state index in [9.17, 15) is 14.0 Å². The monoisotopic (exact) mass is 363 g/mol. The van der Waals surface area contributed by atoms with Gasteiger partial charge in [-0.3, -0.25) is 14.2 Å². The van der Waals surface area contributed by atoms with E-state index < -0.39 is 11.7 Å². The third-order valence-electron chi connectivity index (χ3n) is 3.25. The average molecular weight is 364 g/mol. The number of amides is 1. The smallest absolute Gasteiger partial charge is 0.266 e. The van der Waals surface area contributed by atoms with Crippen molar-refractivity contribution >= 4 is 40.2 Å². The first-order valence-corrected chi connectivity index (χ1v) is 8.22. The molecule has 0 atom stereocenters. The Balaban J connectivity index is 2.27. The molecule has 0 saturated carbocycles. The number of aromatic nitrogens is 2. The van der Waals surface area contributed by atoms with Crippen molar-refractivity contribution in [3.63, 3.8) is 0 Å². The van der Waals surface area contributed by atoms with Gasteiger partial charge in [-0.25, -0.2) is 9.37 Å². The highest BCUT2D eigenvalue weighted by atomic mass is 35.5. The number of benzene rings is 2. The molecule has 1 amide bonds. The molecular formula is C16H11ClFN3O2S. The molecule has 0 spiro atoms. The number of rotatable bonds is 4. The largest absolute Gasteiger partial charge is 0.369 e. The molecule has 2 aromatic carbocycles. The van der Waals surface area contributed by atoms with E-state index in [0.717, 1.165) is 11.8 Å². The van der Waals surface area contributed by atoms with Gasteiger partial charge in [0.05, 0.1) is 27.4 Å². The maximum atomic E-state index is 13.4. The summed E-state index contributed by atoms with van der Waals surface area (Å²) in [6, 6.07) is 10.8. The molecule has 0 saturated heterocycles. The Bertz CT molecular complexity index is 1010. The van der Waals surface area contributed by atoms with Crippen molar-refractivity contribution in [3.8, 4) is 5.69 Å². The lowest BCUT2D eigenvalue weighted by molar-refractivity contribution is -0.115. The molecule has 0 aliphatic carbocycles. The van der Waals surface area contributed by atoms with Crippen LogP contribution < -0.4 is 11.3 Å². The first-order chi connectivity index (χ1) is 11.5. The van der Waals surface area contributed by atoms with Gasteiger partial charge < -0.3 is 5.73 Å². The van der Waals surface area contributed by atoms with Gasteiger partial charge in [-0.2, -0.15) is 0 Å². The Kier molecular flexibility index (Phi) is 4.55. The SMILES string of the molecule is NC(=O)CSc1nc2ccccc2c(=O)n1-c1ccc(F)c(Cl)c1. The van der Waals surface area contributed by atoms with E-state index in [1.54, 1.807) is 24.3 Å². The van der Waals surface area contributed by atoms with Gasteiger partial charge in [0.1, 0.15) is 5.82 Å². The molecule has 0 aliphatic heterocycles. The molecule has 5 nitrogen and oxygen atoms in total. The van der Waals surface area contributed by atoms with Crippen LogP contribution in [0.2, 0.25) is 5.02 Å². The molecule has 0 bridgehead atoms. The van der Waals surface area contributed by atoms with Gasteiger partial charge in [-0.1, -0.05) is 35.5 Å². The van der Waals surface area contributed by atoms with Crippen LogP contribution in [0.5, 0.6) is 0 Å². The lowest BCUT2D eigenvalue weighted by atomic mass is 10.2. The Morgan fingerprint density at radius 3 is 2.75 bits per heavy atom. The van der Waals surface area contributed by atoms with E-state index in [-0.39, 0.29) is 21.5 Å². The third kappa shape index (κ3) is 3.13. The molecule has 0 aliphatic rings. The van der Waals surface area contributed by atoms with Crippen LogP contribution in [0.3, 0.4) is 0 Å².